The van der Waals surface area contributed by atoms with Gasteiger partial charge < -0.3 is 15.1 Å². The predicted molar refractivity (Wildman–Crippen MR) is 233 cm³/mol. The van der Waals surface area contributed by atoms with Crippen LogP contribution in [0.3, 0.4) is 0 Å². The van der Waals surface area contributed by atoms with Crippen LogP contribution in [0.25, 0.3) is 22.0 Å². The normalized spacial score (nSPS) is 14.1. The number of anilines is 3. The second kappa shape index (κ2) is 18.5. The van der Waals surface area contributed by atoms with Gasteiger partial charge in [-0.3, -0.25) is 24.7 Å². The Morgan fingerprint density at radius 1 is 0.948 bits per heavy atom. The number of sulfonamides is 1. The number of hydrogen-bond donors (Lipinski definition) is 2. The fraction of sp³-hybridized carbons (Fsp3) is 0.262. The molecule has 2 N–H and O–H groups in total. The SMILES string of the molecule is CN(C)CCC(CSc1ccccc1)Nc1ccc(S(=O)(=O)Nc2ncnc3cc(N4CCN(Cc5ccncc5-c5ccc(Cl)cc5)CC4)ccc23)cc1[N+](=O)[O-]. The van der Waals surface area contributed by atoms with Gasteiger partial charge in [-0.05, 0) is 98.9 Å². The predicted octanol–water partition coefficient (Wildman–Crippen LogP) is 7.90. The smallest absolute Gasteiger partial charge is 0.293 e. The zero-order chi connectivity index (χ0) is 40.6. The minimum absolute atomic E-state index is 0.0850. The van der Waals surface area contributed by atoms with Crippen LogP contribution in [0.5, 0.6) is 0 Å². The molecule has 300 valence electrons. The largest absolute Gasteiger partial charge is 0.376 e. The lowest BCUT2D eigenvalue weighted by molar-refractivity contribution is -0.384. The van der Waals surface area contributed by atoms with Gasteiger partial charge in [0.1, 0.15) is 12.0 Å². The summed E-state index contributed by atoms with van der Waals surface area (Å²) in [5, 5.41) is 16.8. The average Bonchev–Trinajstić information content (AvgIpc) is 3.23. The molecule has 2 aromatic heterocycles. The number of pyridine rings is 1. The van der Waals surface area contributed by atoms with E-state index >= 15 is 0 Å². The van der Waals surface area contributed by atoms with Gasteiger partial charge in [0, 0.05) is 89.5 Å². The highest BCUT2D eigenvalue weighted by molar-refractivity contribution is 7.99. The number of piperazine rings is 1. The molecule has 0 bridgehead atoms. The molecule has 0 radical (unpaired) electrons. The average molecular weight is 838 g/mol. The summed E-state index contributed by atoms with van der Waals surface area (Å²) in [5.74, 6) is 0.746. The van der Waals surface area contributed by atoms with Crippen molar-refractivity contribution in [3.63, 3.8) is 0 Å². The molecule has 1 fully saturated rings. The van der Waals surface area contributed by atoms with Crippen molar-refractivity contribution in [1.82, 2.24) is 24.8 Å². The summed E-state index contributed by atoms with van der Waals surface area (Å²) in [6.45, 7) is 4.84. The van der Waals surface area contributed by atoms with Gasteiger partial charge in [-0.2, -0.15) is 0 Å². The van der Waals surface area contributed by atoms with Crippen LogP contribution < -0.4 is 14.9 Å². The Bertz CT molecular complexity index is 2470. The van der Waals surface area contributed by atoms with Gasteiger partial charge in [0.05, 0.1) is 15.3 Å². The van der Waals surface area contributed by atoms with Crippen LogP contribution in [-0.4, -0.2) is 96.7 Å². The minimum Gasteiger partial charge on any atom is -0.376 e. The van der Waals surface area contributed by atoms with Crippen LogP contribution in [0.4, 0.5) is 22.9 Å². The summed E-state index contributed by atoms with van der Waals surface area (Å²) in [6, 6.07) is 29.3. The standard InChI is InChI=1S/C42H44ClN9O4S2/c1-49(2)19-17-33(28-57-35-6-4-3-5-7-35)47-39-15-13-36(25-41(39)52(53)54)58(55,56)48-42-37-14-12-34(24-40(37)45-29-46-42)51-22-20-50(21-23-51)27-31-16-18-44-26-38(31)30-8-10-32(43)11-9-30/h3-16,18,24-26,29,33,47H,17,19-23,27-28H2,1-2H3,(H,45,46,48). The minimum atomic E-state index is -4.27. The van der Waals surface area contributed by atoms with Gasteiger partial charge in [-0.1, -0.05) is 41.9 Å². The summed E-state index contributed by atoms with van der Waals surface area (Å²) < 4.78 is 30.0. The Morgan fingerprint density at radius 2 is 1.72 bits per heavy atom. The van der Waals surface area contributed by atoms with Gasteiger partial charge >= 0.3 is 0 Å². The Kier molecular flexibility index (Phi) is 13.0. The Morgan fingerprint density at radius 3 is 2.47 bits per heavy atom. The first kappa shape index (κ1) is 40.9. The zero-order valence-corrected chi connectivity index (χ0v) is 34.6. The van der Waals surface area contributed by atoms with Crippen LogP contribution in [-0.2, 0) is 16.6 Å². The molecular weight excluding hydrogens is 794 g/mol. The van der Waals surface area contributed by atoms with Crippen molar-refractivity contribution < 1.29 is 13.3 Å². The highest BCUT2D eigenvalue weighted by Crippen LogP contribution is 2.33. The number of benzene rings is 4. The molecule has 58 heavy (non-hydrogen) atoms. The summed E-state index contributed by atoms with van der Waals surface area (Å²) in [6.07, 6.45) is 5.76. The first-order chi connectivity index (χ1) is 28.0. The van der Waals surface area contributed by atoms with Gasteiger partial charge in [-0.15, -0.1) is 11.8 Å². The third-order valence-electron chi connectivity index (χ3n) is 10.0. The molecular formula is C42H44ClN9O4S2. The number of thioether (sulfide) groups is 1. The van der Waals surface area contributed by atoms with Gasteiger partial charge in [-0.25, -0.2) is 18.4 Å². The summed E-state index contributed by atoms with van der Waals surface area (Å²) in [5.41, 5.74) is 4.82. The molecule has 6 aromatic rings. The maximum atomic E-state index is 13.7. The number of fused-ring (bicyclic) bond motifs is 1. The number of nitro benzene ring substituents is 1. The fourth-order valence-corrected chi connectivity index (χ4v) is 9.03. The maximum Gasteiger partial charge on any atom is 0.293 e. The number of nitrogens with one attached hydrogen (secondary N) is 2. The maximum absolute atomic E-state index is 13.7. The van der Waals surface area contributed by atoms with E-state index in [4.69, 9.17) is 11.6 Å². The monoisotopic (exact) mass is 837 g/mol. The lowest BCUT2D eigenvalue weighted by atomic mass is 10.0. The van der Waals surface area contributed by atoms with Gasteiger partial charge in [0.2, 0.25) is 0 Å². The Hall–Kier alpha value is -5.32. The summed E-state index contributed by atoms with van der Waals surface area (Å²) in [4.78, 5) is 32.4. The second-order valence-electron chi connectivity index (χ2n) is 14.3. The first-order valence-electron chi connectivity index (χ1n) is 18.8. The van der Waals surface area contributed by atoms with E-state index in [1.165, 1.54) is 24.0 Å². The number of rotatable bonds is 16. The van der Waals surface area contributed by atoms with E-state index in [0.29, 0.717) is 21.7 Å². The van der Waals surface area contributed by atoms with Crippen LogP contribution in [0.15, 0.2) is 126 Å². The lowest BCUT2D eigenvalue weighted by Crippen LogP contribution is -2.46. The van der Waals surface area contributed by atoms with Crippen molar-refractivity contribution in [3.8, 4) is 11.1 Å². The molecule has 16 heteroatoms. The fourth-order valence-electron chi connectivity index (χ4n) is 6.86. The highest BCUT2D eigenvalue weighted by atomic mass is 35.5. The molecule has 1 aliphatic rings. The highest BCUT2D eigenvalue weighted by Gasteiger charge is 2.25. The number of nitrogens with zero attached hydrogens (tertiary/aromatic N) is 7. The molecule has 0 spiro atoms. The molecule has 7 rings (SSSR count). The molecule has 0 saturated carbocycles. The number of nitro groups is 1. The molecule has 1 saturated heterocycles. The van der Waals surface area contributed by atoms with Crippen molar-refractivity contribution in [2.75, 3.05) is 67.5 Å². The van der Waals surface area contributed by atoms with E-state index in [1.807, 2.05) is 93.2 Å². The number of halogens is 1. The third-order valence-corrected chi connectivity index (χ3v) is 12.8. The first-order valence-corrected chi connectivity index (χ1v) is 21.7. The number of aromatic nitrogens is 3. The molecule has 4 aromatic carbocycles. The van der Waals surface area contributed by atoms with E-state index in [9.17, 15) is 18.5 Å². The van der Waals surface area contributed by atoms with E-state index in [-0.39, 0.29) is 28.1 Å². The molecule has 1 unspecified atom stereocenters. The lowest BCUT2D eigenvalue weighted by Gasteiger charge is -2.36. The molecule has 1 aliphatic heterocycles. The molecule has 0 aliphatic carbocycles. The summed E-state index contributed by atoms with van der Waals surface area (Å²) in [7, 11) is -0.318. The topological polar surface area (TPSA) is 150 Å². The Labute approximate surface area is 347 Å². The van der Waals surface area contributed by atoms with Gasteiger partial charge in [0.25, 0.3) is 15.7 Å². The van der Waals surface area contributed by atoms with Crippen molar-refractivity contribution in [2.24, 2.45) is 0 Å². The van der Waals surface area contributed by atoms with E-state index in [1.54, 1.807) is 17.8 Å². The van der Waals surface area contributed by atoms with Crippen LogP contribution in [0.1, 0.15) is 12.0 Å². The zero-order valence-electron chi connectivity index (χ0n) is 32.2. The van der Waals surface area contributed by atoms with Gasteiger partial charge in [0.15, 0.2) is 5.82 Å². The quantitative estimate of drug-likeness (QED) is 0.0555. The van der Waals surface area contributed by atoms with Crippen molar-refractivity contribution in [3.05, 3.63) is 136 Å². The third kappa shape index (κ3) is 10.2. The molecule has 0 amide bonds. The van der Waals surface area contributed by atoms with E-state index in [0.717, 1.165) is 73.5 Å². The van der Waals surface area contributed by atoms with Crippen molar-refractivity contribution in [2.45, 2.75) is 28.8 Å². The molecule has 3 heterocycles. The Balaban J connectivity index is 1.02. The van der Waals surface area contributed by atoms with E-state index in [2.05, 4.69) is 45.8 Å². The van der Waals surface area contributed by atoms with Crippen LogP contribution >= 0.6 is 23.4 Å². The number of hydrogen-bond acceptors (Lipinski definition) is 12. The molecule has 13 nitrogen and oxygen atoms in total. The van der Waals surface area contributed by atoms with E-state index < -0.39 is 14.9 Å². The second-order valence-corrected chi connectivity index (χ2v) is 17.5. The van der Waals surface area contributed by atoms with Crippen LogP contribution in [0, 0.1) is 10.1 Å². The summed E-state index contributed by atoms with van der Waals surface area (Å²) >= 11 is 7.78. The van der Waals surface area contributed by atoms with Crippen molar-refractivity contribution in [1.29, 1.82) is 0 Å². The van der Waals surface area contributed by atoms with Crippen LogP contribution in [0.2, 0.25) is 5.02 Å². The van der Waals surface area contributed by atoms with Crippen molar-refractivity contribution >= 4 is 67.2 Å². The molecule has 1 atom stereocenters.